The number of hydrogen-bond donors (Lipinski definition) is 2. The van der Waals surface area contributed by atoms with Crippen LogP contribution in [0.25, 0.3) is 22.3 Å². The van der Waals surface area contributed by atoms with Crippen LogP contribution in [0, 0.1) is 20.8 Å². The van der Waals surface area contributed by atoms with E-state index >= 15 is 0 Å². The number of nitrogens with one attached hydrogen (secondary N) is 2. The molecule has 2 aliphatic rings. The predicted octanol–water partition coefficient (Wildman–Crippen LogP) is 9.05. The largest absolute Gasteiger partial charge is 0.380 e. The molecule has 1 fully saturated rings. The number of benzene rings is 3. The first-order valence-electron chi connectivity index (χ1n) is 15.0. The molecule has 0 aromatic heterocycles. The van der Waals surface area contributed by atoms with Crippen LogP contribution in [0.2, 0.25) is 0 Å². The minimum atomic E-state index is 0.688. The van der Waals surface area contributed by atoms with Gasteiger partial charge in [0.1, 0.15) is 0 Å². The molecule has 0 aliphatic carbocycles. The van der Waals surface area contributed by atoms with Crippen molar-refractivity contribution in [3.63, 3.8) is 0 Å². The number of allylic oxidation sites excluding steroid dienone is 1. The molecular formula is C36H46N2. The average molecular weight is 507 g/mol. The molecule has 3 aromatic rings. The highest BCUT2D eigenvalue weighted by atomic mass is 14.9. The molecule has 0 spiro atoms. The zero-order valence-corrected chi connectivity index (χ0v) is 24.3. The lowest BCUT2D eigenvalue weighted by atomic mass is 9.82. The van der Waals surface area contributed by atoms with Crippen molar-refractivity contribution in [2.24, 2.45) is 0 Å². The van der Waals surface area contributed by atoms with E-state index in [0.29, 0.717) is 6.04 Å². The van der Waals surface area contributed by atoms with E-state index in [-0.39, 0.29) is 0 Å². The van der Waals surface area contributed by atoms with Gasteiger partial charge in [-0.05, 0) is 129 Å². The SMILES string of the molecule is CCc1cccc(-c2cc3c(cc2C)NCC(c2cc(C)cc(C)c2)=C3CCCC2CCCCN2)c1CC. The number of rotatable bonds is 8. The van der Waals surface area contributed by atoms with E-state index in [4.69, 9.17) is 0 Å². The van der Waals surface area contributed by atoms with Gasteiger partial charge in [0, 0.05) is 23.8 Å². The fourth-order valence-electron chi connectivity index (χ4n) is 6.89. The number of hydrogen-bond acceptors (Lipinski definition) is 2. The van der Waals surface area contributed by atoms with Gasteiger partial charge in [-0.3, -0.25) is 0 Å². The Hall–Kier alpha value is -2.84. The van der Waals surface area contributed by atoms with Gasteiger partial charge in [-0.25, -0.2) is 0 Å². The first-order valence-corrected chi connectivity index (χ1v) is 15.0. The lowest BCUT2D eigenvalue weighted by Gasteiger charge is -2.29. The Labute approximate surface area is 231 Å². The summed E-state index contributed by atoms with van der Waals surface area (Å²) in [5, 5.41) is 7.59. The van der Waals surface area contributed by atoms with E-state index in [9.17, 15) is 0 Å². The fraction of sp³-hybridized carbons (Fsp3) is 0.444. The molecule has 2 nitrogen and oxygen atoms in total. The summed E-state index contributed by atoms with van der Waals surface area (Å²) in [7, 11) is 0. The molecule has 1 atom stereocenters. The maximum atomic E-state index is 3.82. The van der Waals surface area contributed by atoms with Gasteiger partial charge in [-0.2, -0.15) is 0 Å². The van der Waals surface area contributed by atoms with Crippen molar-refractivity contribution in [2.45, 2.75) is 92.0 Å². The lowest BCUT2D eigenvalue weighted by Crippen LogP contribution is -2.33. The van der Waals surface area contributed by atoms with Crippen LogP contribution in [0.3, 0.4) is 0 Å². The van der Waals surface area contributed by atoms with E-state index in [1.165, 1.54) is 100.0 Å². The quantitative estimate of drug-likeness (QED) is 0.318. The summed E-state index contributed by atoms with van der Waals surface area (Å²) in [6.07, 6.45) is 9.82. The van der Waals surface area contributed by atoms with Crippen molar-refractivity contribution in [3.8, 4) is 11.1 Å². The molecule has 2 heteroatoms. The molecule has 3 aromatic carbocycles. The van der Waals surface area contributed by atoms with Crippen LogP contribution in [0.1, 0.15) is 91.3 Å². The molecule has 2 N–H and O–H groups in total. The number of anilines is 1. The maximum absolute atomic E-state index is 3.82. The first kappa shape index (κ1) is 26.8. The molecule has 0 amide bonds. The zero-order chi connectivity index (χ0) is 26.6. The molecule has 38 heavy (non-hydrogen) atoms. The summed E-state index contributed by atoms with van der Waals surface area (Å²) in [4.78, 5) is 0. The number of aryl methyl sites for hydroxylation is 4. The predicted molar refractivity (Wildman–Crippen MR) is 166 cm³/mol. The third-order valence-corrected chi connectivity index (χ3v) is 8.77. The molecule has 0 saturated carbocycles. The van der Waals surface area contributed by atoms with Gasteiger partial charge >= 0.3 is 0 Å². The Bertz CT molecular complexity index is 1300. The molecule has 2 aliphatic heterocycles. The van der Waals surface area contributed by atoms with Gasteiger partial charge in [0.25, 0.3) is 0 Å². The Morgan fingerprint density at radius 3 is 2.37 bits per heavy atom. The van der Waals surface area contributed by atoms with Gasteiger partial charge in [-0.1, -0.05) is 67.8 Å². The second-order valence-corrected chi connectivity index (χ2v) is 11.6. The summed E-state index contributed by atoms with van der Waals surface area (Å²) in [6.45, 7) is 13.4. The van der Waals surface area contributed by atoms with Gasteiger partial charge in [0.05, 0.1) is 0 Å². The van der Waals surface area contributed by atoms with Crippen LogP contribution >= 0.6 is 0 Å². The summed E-state index contributed by atoms with van der Waals surface area (Å²) < 4.78 is 0. The van der Waals surface area contributed by atoms with Crippen molar-refractivity contribution < 1.29 is 0 Å². The van der Waals surface area contributed by atoms with Crippen LogP contribution in [0.5, 0.6) is 0 Å². The highest BCUT2D eigenvalue weighted by Crippen LogP contribution is 2.43. The van der Waals surface area contributed by atoms with Gasteiger partial charge in [0.15, 0.2) is 0 Å². The summed E-state index contributed by atoms with van der Waals surface area (Å²) in [6, 6.07) is 19.6. The van der Waals surface area contributed by atoms with Crippen LogP contribution < -0.4 is 10.6 Å². The third-order valence-electron chi connectivity index (χ3n) is 8.77. The second-order valence-electron chi connectivity index (χ2n) is 11.6. The summed E-state index contributed by atoms with van der Waals surface area (Å²) in [5.74, 6) is 0. The summed E-state index contributed by atoms with van der Waals surface area (Å²) >= 11 is 0. The van der Waals surface area contributed by atoms with E-state index < -0.39 is 0 Å². The van der Waals surface area contributed by atoms with E-state index in [1.54, 1.807) is 5.57 Å². The number of fused-ring (bicyclic) bond motifs is 1. The van der Waals surface area contributed by atoms with Gasteiger partial charge in [0.2, 0.25) is 0 Å². The van der Waals surface area contributed by atoms with Crippen molar-refractivity contribution in [1.29, 1.82) is 0 Å². The second kappa shape index (κ2) is 11.9. The van der Waals surface area contributed by atoms with Crippen molar-refractivity contribution in [3.05, 3.63) is 87.5 Å². The van der Waals surface area contributed by atoms with E-state index in [0.717, 1.165) is 25.8 Å². The van der Waals surface area contributed by atoms with Crippen LogP contribution in [0.4, 0.5) is 5.69 Å². The third kappa shape index (κ3) is 5.61. The van der Waals surface area contributed by atoms with Crippen LogP contribution in [-0.2, 0) is 12.8 Å². The average Bonchev–Trinajstić information content (AvgIpc) is 2.92. The Kier molecular flexibility index (Phi) is 8.39. The maximum Gasteiger partial charge on any atom is 0.0422 e. The Balaban J connectivity index is 1.60. The topological polar surface area (TPSA) is 24.1 Å². The molecule has 5 rings (SSSR count). The van der Waals surface area contributed by atoms with Crippen molar-refractivity contribution in [1.82, 2.24) is 5.32 Å². The monoisotopic (exact) mass is 506 g/mol. The van der Waals surface area contributed by atoms with Crippen molar-refractivity contribution >= 4 is 16.8 Å². The Morgan fingerprint density at radius 2 is 1.66 bits per heavy atom. The van der Waals surface area contributed by atoms with Crippen LogP contribution in [0.15, 0.2) is 48.5 Å². The number of piperidine rings is 1. The minimum Gasteiger partial charge on any atom is -0.380 e. The Morgan fingerprint density at radius 1 is 0.842 bits per heavy atom. The highest BCUT2D eigenvalue weighted by Gasteiger charge is 2.23. The fourth-order valence-corrected chi connectivity index (χ4v) is 6.89. The van der Waals surface area contributed by atoms with E-state index in [2.05, 4.69) is 93.8 Å². The molecule has 1 unspecified atom stereocenters. The molecule has 200 valence electrons. The molecule has 1 saturated heterocycles. The summed E-state index contributed by atoms with van der Waals surface area (Å²) in [5.41, 5.74) is 17.0. The molecule has 0 radical (unpaired) electrons. The standard InChI is InChI=1S/C36H46N2/c1-6-27-12-10-15-31(30(27)7-2)33-22-34-32(16-11-14-29-13-8-9-17-37-29)35(23-38-36(34)21-26(33)5)28-19-24(3)18-25(4)20-28/h10,12,15,18-22,29,37-38H,6-9,11,13-14,16-17,23H2,1-5H3. The van der Waals surface area contributed by atoms with Crippen molar-refractivity contribution in [2.75, 3.05) is 18.4 Å². The normalized spacial score (nSPS) is 17.3. The molecule has 0 bridgehead atoms. The molecule has 2 heterocycles. The lowest BCUT2D eigenvalue weighted by molar-refractivity contribution is 0.377. The van der Waals surface area contributed by atoms with Gasteiger partial charge < -0.3 is 10.6 Å². The van der Waals surface area contributed by atoms with Gasteiger partial charge in [-0.15, -0.1) is 0 Å². The zero-order valence-electron chi connectivity index (χ0n) is 24.3. The van der Waals surface area contributed by atoms with Crippen LogP contribution in [-0.4, -0.2) is 19.1 Å². The highest BCUT2D eigenvalue weighted by molar-refractivity contribution is 6.00. The smallest absolute Gasteiger partial charge is 0.0422 e. The minimum absolute atomic E-state index is 0.688. The van der Waals surface area contributed by atoms with E-state index in [1.807, 2.05) is 0 Å². The molecular weight excluding hydrogens is 460 g/mol. The first-order chi connectivity index (χ1) is 18.5.